The van der Waals surface area contributed by atoms with E-state index in [1.54, 1.807) is 24.7 Å². The topological polar surface area (TPSA) is 49.2 Å². The van der Waals surface area contributed by atoms with Gasteiger partial charge in [0.25, 0.3) is 6.43 Å². The summed E-state index contributed by atoms with van der Waals surface area (Å²) >= 11 is 0. The third-order valence-electron chi connectivity index (χ3n) is 4.23. The quantitative estimate of drug-likeness (QED) is 0.791. The zero-order chi connectivity index (χ0) is 15.3. The zero-order valence-corrected chi connectivity index (χ0v) is 12.0. The van der Waals surface area contributed by atoms with E-state index in [1.165, 1.54) is 10.6 Å². The lowest BCUT2D eigenvalue weighted by molar-refractivity contribution is 0.152. The smallest absolute Gasteiger partial charge is 0.265 e. The van der Waals surface area contributed by atoms with E-state index < -0.39 is 6.43 Å². The number of nitrogens with one attached hydrogen (secondary N) is 1. The summed E-state index contributed by atoms with van der Waals surface area (Å²) in [6, 6.07) is 4.67. The summed E-state index contributed by atoms with van der Waals surface area (Å²) in [5.41, 5.74) is 3.21. The first-order valence-corrected chi connectivity index (χ1v) is 7.14. The van der Waals surface area contributed by atoms with Crippen molar-refractivity contribution >= 4 is 5.52 Å². The normalized spacial score (nSPS) is 19.0. The highest BCUT2D eigenvalue weighted by Crippen LogP contribution is 2.33. The number of aromatic amines is 1. The minimum atomic E-state index is -2.52. The van der Waals surface area contributed by atoms with Gasteiger partial charge >= 0.3 is 0 Å². The molecule has 4 rings (SSSR count). The lowest BCUT2D eigenvalue weighted by Crippen LogP contribution is -2.33. The molecule has 3 aromatic heterocycles. The van der Waals surface area contributed by atoms with E-state index in [2.05, 4.69) is 20.0 Å². The molecule has 3 aromatic rings. The molecule has 0 spiro atoms. The number of hydrogen-bond donors (Lipinski definition) is 1. The molecule has 0 fully saturated rings. The van der Waals surface area contributed by atoms with E-state index in [0.29, 0.717) is 5.52 Å². The van der Waals surface area contributed by atoms with E-state index in [0.717, 1.165) is 30.0 Å². The molecule has 5 nitrogen and oxygen atoms in total. The first kappa shape index (κ1) is 13.4. The van der Waals surface area contributed by atoms with Gasteiger partial charge in [0.05, 0.1) is 29.3 Å². The van der Waals surface area contributed by atoms with E-state index >= 15 is 0 Å². The monoisotopic (exact) mass is 303 g/mol. The van der Waals surface area contributed by atoms with Crippen LogP contribution in [0.4, 0.5) is 8.78 Å². The number of imidazole rings is 1. The van der Waals surface area contributed by atoms with Crippen molar-refractivity contribution in [2.45, 2.75) is 18.9 Å². The Balaban J connectivity index is 1.87. The van der Waals surface area contributed by atoms with Gasteiger partial charge in [-0.2, -0.15) is 5.10 Å². The predicted molar refractivity (Wildman–Crippen MR) is 76.9 cm³/mol. The molecule has 114 valence electrons. The van der Waals surface area contributed by atoms with Crippen molar-refractivity contribution in [1.29, 1.82) is 0 Å². The van der Waals surface area contributed by atoms with Crippen LogP contribution in [0.15, 0.2) is 30.7 Å². The van der Waals surface area contributed by atoms with Crippen LogP contribution in [-0.4, -0.2) is 38.1 Å². The zero-order valence-electron chi connectivity index (χ0n) is 12.0. The molecule has 0 aromatic carbocycles. The van der Waals surface area contributed by atoms with Crippen LogP contribution in [0.1, 0.15) is 35.1 Å². The van der Waals surface area contributed by atoms with Gasteiger partial charge < -0.3 is 4.98 Å². The minimum absolute atomic E-state index is 0.00182. The summed E-state index contributed by atoms with van der Waals surface area (Å²) in [5.74, 6) is 0. The third-order valence-corrected chi connectivity index (χ3v) is 4.23. The number of fused-ring (bicyclic) bond motifs is 2. The highest BCUT2D eigenvalue weighted by molar-refractivity contribution is 5.56. The van der Waals surface area contributed by atoms with E-state index in [-0.39, 0.29) is 11.6 Å². The number of hydrogen-bond acceptors (Lipinski definition) is 3. The molecule has 4 heterocycles. The van der Waals surface area contributed by atoms with E-state index in [1.807, 2.05) is 7.05 Å². The van der Waals surface area contributed by atoms with Crippen LogP contribution in [0.3, 0.4) is 0 Å². The van der Waals surface area contributed by atoms with Crippen LogP contribution < -0.4 is 0 Å². The molecule has 1 N–H and O–H groups in total. The number of rotatable bonds is 2. The lowest BCUT2D eigenvalue weighted by atomic mass is 10.0. The molecule has 0 radical (unpaired) electrons. The van der Waals surface area contributed by atoms with Gasteiger partial charge in [0, 0.05) is 30.4 Å². The van der Waals surface area contributed by atoms with E-state index in [9.17, 15) is 8.78 Å². The number of pyridine rings is 1. The minimum Gasteiger partial charge on any atom is -0.348 e. The summed E-state index contributed by atoms with van der Waals surface area (Å²) in [6.07, 6.45) is 1.76. The number of nitrogens with zero attached hydrogens (tertiary/aromatic N) is 4. The predicted octanol–water partition coefficient (Wildman–Crippen LogP) is 2.57. The van der Waals surface area contributed by atoms with Crippen molar-refractivity contribution < 1.29 is 8.78 Å². The number of H-pyrrole nitrogens is 1. The first-order chi connectivity index (χ1) is 10.6. The molecule has 7 heteroatoms. The molecular weight excluding hydrogens is 288 g/mol. The van der Waals surface area contributed by atoms with Crippen LogP contribution in [0, 0.1) is 0 Å². The second-order valence-electron chi connectivity index (χ2n) is 5.56. The molecule has 0 amide bonds. The number of aromatic nitrogens is 4. The second-order valence-corrected chi connectivity index (χ2v) is 5.56. The largest absolute Gasteiger partial charge is 0.348 e. The molecule has 0 saturated carbocycles. The van der Waals surface area contributed by atoms with Gasteiger partial charge in [-0.05, 0) is 25.2 Å². The summed E-state index contributed by atoms with van der Waals surface area (Å²) in [7, 11) is 2.00. The number of halogens is 2. The maximum atomic E-state index is 13.1. The molecular formula is C15H15F2N5. The summed E-state index contributed by atoms with van der Waals surface area (Å²) in [4.78, 5) is 9.69. The van der Waals surface area contributed by atoms with Crippen LogP contribution in [0.2, 0.25) is 0 Å². The van der Waals surface area contributed by atoms with Crippen molar-refractivity contribution in [2.24, 2.45) is 0 Å². The molecule has 22 heavy (non-hydrogen) atoms. The SMILES string of the molecule is CN1CCc2[nH]cnc2C1c1cc2c(C(F)F)cccn2n1. The average Bonchev–Trinajstić information content (AvgIpc) is 3.11. The molecule has 1 aliphatic rings. The Hall–Kier alpha value is -2.28. The molecule has 0 aliphatic carbocycles. The lowest BCUT2D eigenvalue weighted by Gasteiger charge is -2.30. The van der Waals surface area contributed by atoms with Crippen molar-refractivity contribution in [2.75, 3.05) is 13.6 Å². The highest BCUT2D eigenvalue weighted by Gasteiger charge is 2.31. The molecule has 0 bridgehead atoms. The Morgan fingerprint density at radius 2 is 2.27 bits per heavy atom. The third kappa shape index (κ3) is 1.93. The fourth-order valence-electron chi connectivity index (χ4n) is 3.13. The Morgan fingerprint density at radius 3 is 3.09 bits per heavy atom. The van der Waals surface area contributed by atoms with Gasteiger partial charge in [-0.3, -0.25) is 4.90 Å². The first-order valence-electron chi connectivity index (χ1n) is 7.14. The number of alkyl halides is 2. The molecule has 1 aliphatic heterocycles. The van der Waals surface area contributed by atoms with Gasteiger partial charge in [-0.25, -0.2) is 18.3 Å². The highest BCUT2D eigenvalue weighted by atomic mass is 19.3. The molecule has 0 saturated heterocycles. The Bertz CT molecular complexity index is 822. The van der Waals surface area contributed by atoms with Crippen LogP contribution in [0.25, 0.3) is 5.52 Å². The van der Waals surface area contributed by atoms with Crippen molar-refractivity contribution in [3.8, 4) is 0 Å². The maximum Gasteiger partial charge on any atom is 0.265 e. The van der Waals surface area contributed by atoms with Gasteiger partial charge in [0.1, 0.15) is 0 Å². The standard InChI is InChI=1S/C15H15F2N5/c1-21-6-4-10-13(19-8-18-10)14(21)11-7-12-9(15(16)17)3-2-5-22(12)20-11/h2-3,5,7-8,14-15H,4,6H2,1H3,(H,18,19). The average molecular weight is 303 g/mol. The molecule has 1 unspecified atom stereocenters. The second kappa shape index (κ2) is 4.88. The Morgan fingerprint density at radius 1 is 1.41 bits per heavy atom. The Labute approximate surface area is 125 Å². The van der Waals surface area contributed by atoms with Crippen molar-refractivity contribution in [3.05, 3.63) is 53.4 Å². The summed E-state index contributed by atoms with van der Waals surface area (Å²) in [5, 5.41) is 4.50. The summed E-state index contributed by atoms with van der Waals surface area (Å²) < 4.78 is 27.8. The van der Waals surface area contributed by atoms with Crippen molar-refractivity contribution in [3.63, 3.8) is 0 Å². The van der Waals surface area contributed by atoms with Gasteiger partial charge in [0.15, 0.2) is 0 Å². The van der Waals surface area contributed by atoms with Gasteiger partial charge in [-0.1, -0.05) is 0 Å². The van der Waals surface area contributed by atoms with Crippen LogP contribution in [-0.2, 0) is 6.42 Å². The van der Waals surface area contributed by atoms with E-state index in [4.69, 9.17) is 0 Å². The van der Waals surface area contributed by atoms with Gasteiger partial charge in [0.2, 0.25) is 0 Å². The van der Waals surface area contributed by atoms with Crippen LogP contribution >= 0.6 is 0 Å². The fraction of sp³-hybridized carbons (Fsp3) is 0.333. The van der Waals surface area contributed by atoms with Gasteiger partial charge in [-0.15, -0.1) is 0 Å². The summed E-state index contributed by atoms with van der Waals surface area (Å²) in [6.45, 7) is 0.870. The maximum absolute atomic E-state index is 13.1. The Kier molecular flexibility index (Phi) is 2.97. The number of likely N-dealkylation sites (N-methyl/N-ethyl adjacent to an activating group) is 1. The van der Waals surface area contributed by atoms with Crippen molar-refractivity contribution in [1.82, 2.24) is 24.5 Å². The fourth-order valence-corrected chi connectivity index (χ4v) is 3.13. The van der Waals surface area contributed by atoms with Crippen LogP contribution in [0.5, 0.6) is 0 Å². The molecule has 1 atom stereocenters.